The van der Waals surface area contributed by atoms with Crippen LogP contribution in [0.4, 0.5) is 0 Å². The standard InChI is InChI=1S/C19H12NO.C5H8O2.Ir/c1-2-5-14(6-3-1)15-7-4-8-16(13-15)19-17-10-12-21-18(17)9-11-20-19;1-4(6)3-5(2)7;/h1-7,9-13H;3,6H,1-2H3;/q-1;;/b;4-3-;. The number of fused-ring (bicyclic) bond motifs is 1. The minimum atomic E-state index is -0.125. The van der Waals surface area contributed by atoms with Gasteiger partial charge in [-0.2, -0.15) is 0 Å². The Bertz CT molecular complexity index is 1110. The fourth-order valence-corrected chi connectivity index (χ4v) is 2.82. The first-order valence-corrected chi connectivity index (χ1v) is 8.82. The van der Waals surface area contributed by atoms with E-state index < -0.39 is 0 Å². The van der Waals surface area contributed by atoms with Gasteiger partial charge in [0.2, 0.25) is 0 Å². The zero-order chi connectivity index (χ0) is 19.9. The molecule has 4 nitrogen and oxygen atoms in total. The van der Waals surface area contributed by atoms with Crippen molar-refractivity contribution < 1.29 is 34.4 Å². The summed E-state index contributed by atoms with van der Waals surface area (Å²) in [5.41, 5.74) is 5.07. The number of furan rings is 1. The van der Waals surface area contributed by atoms with E-state index in [0.717, 1.165) is 27.8 Å². The van der Waals surface area contributed by atoms with Crippen molar-refractivity contribution in [3.8, 4) is 22.4 Å². The third-order valence-corrected chi connectivity index (χ3v) is 3.96. The zero-order valence-electron chi connectivity index (χ0n) is 16.0. The van der Waals surface area contributed by atoms with Gasteiger partial charge in [-0.15, -0.1) is 35.4 Å². The van der Waals surface area contributed by atoms with Crippen LogP contribution in [0, 0.1) is 6.07 Å². The number of ketones is 1. The van der Waals surface area contributed by atoms with E-state index in [2.05, 4.69) is 35.3 Å². The molecular weight excluding hydrogens is 542 g/mol. The molecule has 0 unspecified atom stereocenters. The van der Waals surface area contributed by atoms with Crippen molar-refractivity contribution in [2.45, 2.75) is 13.8 Å². The summed E-state index contributed by atoms with van der Waals surface area (Å²) in [6.45, 7) is 2.85. The van der Waals surface area contributed by atoms with E-state index in [0.29, 0.717) is 0 Å². The fourth-order valence-electron chi connectivity index (χ4n) is 2.82. The number of nitrogens with zero attached hydrogens (tertiary/aromatic N) is 1. The molecule has 0 aliphatic heterocycles. The van der Waals surface area contributed by atoms with E-state index in [1.165, 1.54) is 25.5 Å². The molecule has 0 spiro atoms. The molecule has 149 valence electrons. The van der Waals surface area contributed by atoms with Crippen LogP contribution in [-0.4, -0.2) is 15.9 Å². The summed E-state index contributed by atoms with van der Waals surface area (Å²) in [6, 6.07) is 23.5. The first-order valence-electron chi connectivity index (χ1n) is 8.82. The van der Waals surface area contributed by atoms with E-state index >= 15 is 0 Å². The van der Waals surface area contributed by atoms with Crippen molar-refractivity contribution in [2.75, 3.05) is 0 Å². The Labute approximate surface area is 183 Å². The first kappa shape index (κ1) is 22.3. The third kappa shape index (κ3) is 5.98. The van der Waals surface area contributed by atoms with Gasteiger partial charge in [0.05, 0.1) is 12.0 Å². The maximum Gasteiger partial charge on any atom is 0.155 e. The quantitative estimate of drug-likeness (QED) is 0.189. The van der Waals surface area contributed by atoms with Gasteiger partial charge >= 0.3 is 0 Å². The number of pyridine rings is 1. The fraction of sp³-hybridized carbons (Fsp3) is 0.0833. The second-order valence-electron chi connectivity index (χ2n) is 6.25. The summed E-state index contributed by atoms with van der Waals surface area (Å²) in [7, 11) is 0. The smallest absolute Gasteiger partial charge is 0.155 e. The predicted molar refractivity (Wildman–Crippen MR) is 111 cm³/mol. The minimum absolute atomic E-state index is 0. The largest absolute Gasteiger partial charge is 0.512 e. The number of rotatable bonds is 3. The van der Waals surface area contributed by atoms with Crippen LogP contribution in [-0.2, 0) is 24.9 Å². The van der Waals surface area contributed by atoms with Gasteiger partial charge in [-0.1, -0.05) is 30.3 Å². The molecule has 29 heavy (non-hydrogen) atoms. The molecular formula is C24H20IrNO3-. The summed E-state index contributed by atoms with van der Waals surface area (Å²) in [5.74, 6) is -0.0625. The number of aliphatic hydroxyl groups is 1. The number of allylic oxidation sites excluding steroid dienone is 2. The second kappa shape index (κ2) is 10.5. The molecule has 2 heterocycles. The number of hydrogen-bond donors (Lipinski definition) is 1. The maximum absolute atomic E-state index is 10.0. The molecule has 5 heteroatoms. The van der Waals surface area contributed by atoms with Crippen LogP contribution in [0.1, 0.15) is 13.8 Å². The summed E-state index contributed by atoms with van der Waals surface area (Å²) < 4.78 is 5.44. The Balaban J connectivity index is 0.000000327. The summed E-state index contributed by atoms with van der Waals surface area (Å²) in [5, 5.41) is 9.38. The predicted octanol–water partition coefficient (Wildman–Crippen LogP) is 6.00. The Morgan fingerprint density at radius 2 is 1.83 bits per heavy atom. The Morgan fingerprint density at radius 3 is 2.48 bits per heavy atom. The minimum Gasteiger partial charge on any atom is -0.512 e. The van der Waals surface area contributed by atoms with Gasteiger partial charge in [0.15, 0.2) is 5.78 Å². The van der Waals surface area contributed by atoms with Gasteiger partial charge in [-0.3, -0.25) is 4.79 Å². The van der Waals surface area contributed by atoms with Gasteiger partial charge in [0, 0.05) is 37.8 Å². The molecule has 4 aromatic rings. The molecule has 0 atom stereocenters. The first-order chi connectivity index (χ1) is 13.5. The van der Waals surface area contributed by atoms with Crippen LogP contribution in [0.3, 0.4) is 0 Å². The topological polar surface area (TPSA) is 63.3 Å². The second-order valence-corrected chi connectivity index (χ2v) is 6.25. The van der Waals surface area contributed by atoms with Crippen LogP contribution < -0.4 is 0 Å². The number of aliphatic hydroxyl groups excluding tert-OH is 1. The van der Waals surface area contributed by atoms with Crippen molar-refractivity contribution in [2.24, 2.45) is 0 Å². The van der Waals surface area contributed by atoms with Gasteiger partial charge in [0.1, 0.15) is 5.58 Å². The molecule has 2 aromatic carbocycles. The van der Waals surface area contributed by atoms with Crippen molar-refractivity contribution in [3.05, 3.63) is 91.0 Å². The number of aromatic nitrogens is 1. The third-order valence-electron chi connectivity index (χ3n) is 3.96. The molecule has 1 radical (unpaired) electrons. The summed E-state index contributed by atoms with van der Waals surface area (Å²) >= 11 is 0. The summed E-state index contributed by atoms with van der Waals surface area (Å²) in [4.78, 5) is 14.5. The van der Waals surface area contributed by atoms with Crippen LogP contribution in [0.2, 0.25) is 0 Å². The monoisotopic (exact) mass is 563 g/mol. The molecule has 2 aromatic heterocycles. The molecule has 4 rings (SSSR count). The van der Waals surface area contributed by atoms with Gasteiger partial charge < -0.3 is 14.5 Å². The van der Waals surface area contributed by atoms with E-state index in [1.807, 2.05) is 36.4 Å². The van der Waals surface area contributed by atoms with Crippen LogP contribution in [0.5, 0.6) is 0 Å². The van der Waals surface area contributed by atoms with Crippen molar-refractivity contribution in [3.63, 3.8) is 0 Å². The Kier molecular flexibility index (Phi) is 8.08. The number of carbonyl (C=O) groups is 1. The van der Waals surface area contributed by atoms with Crippen molar-refractivity contribution >= 4 is 16.8 Å². The average molecular weight is 563 g/mol. The van der Waals surface area contributed by atoms with E-state index in [9.17, 15) is 4.79 Å². The van der Waals surface area contributed by atoms with Gasteiger partial charge in [-0.05, 0) is 37.2 Å². The van der Waals surface area contributed by atoms with Crippen LogP contribution >= 0.6 is 0 Å². The normalized spacial score (nSPS) is 10.6. The molecule has 0 amide bonds. The van der Waals surface area contributed by atoms with Crippen LogP contribution in [0.25, 0.3) is 33.4 Å². The zero-order valence-corrected chi connectivity index (χ0v) is 18.4. The molecule has 0 fully saturated rings. The van der Waals surface area contributed by atoms with Gasteiger partial charge in [0.25, 0.3) is 0 Å². The Morgan fingerprint density at radius 1 is 1.07 bits per heavy atom. The molecule has 0 aliphatic carbocycles. The molecule has 0 saturated carbocycles. The van der Waals surface area contributed by atoms with E-state index in [-0.39, 0.29) is 31.6 Å². The molecule has 0 aliphatic rings. The van der Waals surface area contributed by atoms with Crippen LogP contribution in [0.15, 0.2) is 89.4 Å². The van der Waals surface area contributed by atoms with Gasteiger partial charge in [-0.25, -0.2) is 0 Å². The van der Waals surface area contributed by atoms with Crippen molar-refractivity contribution in [1.82, 2.24) is 4.98 Å². The van der Waals surface area contributed by atoms with E-state index in [4.69, 9.17) is 9.52 Å². The Hall–Kier alpha value is -3.01. The average Bonchev–Trinajstić information content (AvgIpc) is 3.17. The molecule has 1 N–H and O–H groups in total. The number of benzene rings is 2. The number of carbonyl (C=O) groups excluding carboxylic acids is 1. The van der Waals surface area contributed by atoms with Crippen molar-refractivity contribution in [1.29, 1.82) is 0 Å². The van der Waals surface area contributed by atoms with E-state index in [1.54, 1.807) is 12.5 Å². The number of hydrogen-bond acceptors (Lipinski definition) is 4. The molecule has 0 bridgehead atoms. The molecule has 0 saturated heterocycles. The SMILES string of the molecule is CC(=O)/C=C(/C)O.[Ir].[c-]1ccc(-c2ccccc2)cc1-c1nccc2occc12. The summed E-state index contributed by atoms with van der Waals surface area (Å²) in [6.07, 6.45) is 4.63. The maximum atomic E-state index is 10.0.